The number of aromatic nitrogens is 1. The van der Waals surface area contributed by atoms with Crippen LogP contribution in [0.3, 0.4) is 0 Å². The minimum atomic E-state index is -5.77. The molecule has 2 aromatic rings. The first-order chi connectivity index (χ1) is 15.6. The van der Waals surface area contributed by atoms with Crippen molar-refractivity contribution in [2.75, 3.05) is 13.1 Å². The SMILES string of the molecule is CC(C)(C)OC(=O)N(CCc1ccc(OS(=O)(=O)C(F)(F)F)cc1)C[C@@H](O)c1cncc(Cl)c1. The van der Waals surface area contributed by atoms with Gasteiger partial charge in [-0.15, -0.1) is 0 Å². The van der Waals surface area contributed by atoms with Crippen LogP contribution in [0.4, 0.5) is 18.0 Å². The number of nitrogens with zero attached hydrogens (tertiary/aromatic N) is 2. The molecule has 0 aliphatic rings. The summed E-state index contributed by atoms with van der Waals surface area (Å²) in [7, 11) is -5.77. The zero-order valence-corrected chi connectivity index (χ0v) is 20.1. The summed E-state index contributed by atoms with van der Waals surface area (Å²) >= 11 is 5.91. The lowest BCUT2D eigenvalue weighted by Crippen LogP contribution is -2.40. The Morgan fingerprint density at radius 2 is 1.79 bits per heavy atom. The second-order valence-electron chi connectivity index (χ2n) is 8.26. The third-order valence-electron chi connectivity index (χ3n) is 4.24. The molecule has 2 rings (SSSR count). The lowest BCUT2D eigenvalue weighted by molar-refractivity contribution is -0.0500. The number of benzene rings is 1. The highest BCUT2D eigenvalue weighted by molar-refractivity contribution is 7.88. The van der Waals surface area contributed by atoms with Crippen molar-refractivity contribution in [3.05, 3.63) is 58.9 Å². The first-order valence-electron chi connectivity index (χ1n) is 9.93. The lowest BCUT2D eigenvalue weighted by Gasteiger charge is -2.29. The van der Waals surface area contributed by atoms with Crippen LogP contribution >= 0.6 is 11.6 Å². The van der Waals surface area contributed by atoms with Crippen LogP contribution in [0.15, 0.2) is 42.7 Å². The van der Waals surface area contributed by atoms with Gasteiger partial charge in [-0.2, -0.15) is 21.6 Å². The maximum atomic E-state index is 12.7. The number of hydrogen-bond acceptors (Lipinski definition) is 7. The molecule has 1 N–H and O–H groups in total. The Hall–Kier alpha value is -2.57. The monoisotopic (exact) mass is 524 g/mol. The van der Waals surface area contributed by atoms with Crippen molar-refractivity contribution >= 4 is 27.8 Å². The van der Waals surface area contributed by atoms with Crippen LogP contribution in [0.25, 0.3) is 0 Å². The molecule has 0 fully saturated rings. The van der Waals surface area contributed by atoms with Gasteiger partial charge in [0.05, 0.1) is 17.7 Å². The Bertz CT molecular complexity index is 1090. The van der Waals surface area contributed by atoms with Gasteiger partial charge in [0, 0.05) is 24.5 Å². The minimum absolute atomic E-state index is 0.0843. The van der Waals surface area contributed by atoms with Gasteiger partial charge < -0.3 is 18.9 Å². The van der Waals surface area contributed by atoms with E-state index >= 15 is 0 Å². The molecule has 1 aromatic carbocycles. The van der Waals surface area contributed by atoms with Gasteiger partial charge >= 0.3 is 21.7 Å². The first-order valence-corrected chi connectivity index (χ1v) is 11.7. The number of pyridine rings is 1. The Balaban J connectivity index is 2.11. The zero-order chi connectivity index (χ0) is 25.7. The number of aliphatic hydroxyl groups excluding tert-OH is 1. The molecule has 0 saturated heterocycles. The number of carbonyl (C=O) groups is 1. The molecule has 188 valence electrons. The summed E-state index contributed by atoms with van der Waals surface area (Å²) < 4.78 is 69.0. The number of aliphatic hydroxyl groups is 1. The van der Waals surface area contributed by atoms with E-state index in [1.54, 1.807) is 20.8 Å². The normalized spacial score (nSPS) is 13.3. The molecule has 0 unspecified atom stereocenters. The van der Waals surface area contributed by atoms with Crippen LogP contribution in [0, 0.1) is 0 Å². The van der Waals surface area contributed by atoms with Crippen molar-refractivity contribution < 1.29 is 40.4 Å². The lowest BCUT2D eigenvalue weighted by atomic mass is 10.1. The molecule has 34 heavy (non-hydrogen) atoms. The summed E-state index contributed by atoms with van der Waals surface area (Å²) in [6.07, 6.45) is 1.25. The number of alkyl halides is 3. The first kappa shape index (κ1) is 27.7. The predicted molar refractivity (Wildman–Crippen MR) is 118 cm³/mol. The van der Waals surface area contributed by atoms with Crippen molar-refractivity contribution in [1.82, 2.24) is 9.88 Å². The molecule has 0 saturated carbocycles. The van der Waals surface area contributed by atoms with E-state index in [4.69, 9.17) is 16.3 Å². The largest absolute Gasteiger partial charge is 0.534 e. The molecular weight excluding hydrogens is 501 g/mol. The number of halogens is 4. The van der Waals surface area contributed by atoms with Gasteiger partial charge in [-0.3, -0.25) is 4.98 Å². The van der Waals surface area contributed by atoms with E-state index in [0.29, 0.717) is 16.1 Å². The molecule has 0 bridgehead atoms. The summed E-state index contributed by atoms with van der Waals surface area (Å²) in [5.41, 5.74) is -5.36. The zero-order valence-electron chi connectivity index (χ0n) is 18.5. The van der Waals surface area contributed by atoms with Crippen LogP contribution in [0.5, 0.6) is 5.75 Å². The van der Waals surface area contributed by atoms with Gasteiger partial charge in [-0.25, -0.2) is 4.79 Å². The summed E-state index contributed by atoms with van der Waals surface area (Å²) in [6, 6.07) is 6.39. The highest BCUT2D eigenvalue weighted by Gasteiger charge is 2.48. The summed E-state index contributed by atoms with van der Waals surface area (Å²) in [5.74, 6) is -0.506. The highest BCUT2D eigenvalue weighted by Crippen LogP contribution is 2.27. The summed E-state index contributed by atoms with van der Waals surface area (Å²) in [6.45, 7) is 5.01. The molecule has 0 aliphatic carbocycles. The predicted octanol–water partition coefficient (Wildman–Crippen LogP) is 4.48. The Labute approximate surface area is 200 Å². The van der Waals surface area contributed by atoms with Gasteiger partial charge in [-0.1, -0.05) is 23.7 Å². The molecule has 0 spiro atoms. The van der Waals surface area contributed by atoms with Gasteiger partial charge in [-0.05, 0) is 51.0 Å². The standard InChI is InChI=1S/C21H24ClF3N2O6S/c1-20(2,3)32-19(29)27(13-18(28)15-10-16(22)12-26-11-15)9-8-14-4-6-17(7-5-14)33-34(30,31)21(23,24)25/h4-7,10-12,18,28H,8-9,13H2,1-3H3/t18-/m1/s1. The van der Waals surface area contributed by atoms with Crippen molar-refractivity contribution in [2.24, 2.45) is 0 Å². The number of amides is 1. The Morgan fingerprint density at radius 1 is 1.18 bits per heavy atom. The fourth-order valence-electron chi connectivity index (χ4n) is 2.66. The molecule has 8 nitrogen and oxygen atoms in total. The molecule has 13 heteroatoms. The number of hydrogen-bond donors (Lipinski definition) is 1. The van der Waals surface area contributed by atoms with Crippen LogP contribution in [0.2, 0.25) is 5.02 Å². The van der Waals surface area contributed by atoms with Crippen molar-refractivity contribution in [3.8, 4) is 5.75 Å². The Kier molecular flexibility index (Phi) is 8.78. The third-order valence-corrected chi connectivity index (χ3v) is 5.42. The Morgan fingerprint density at radius 3 is 2.32 bits per heavy atom. The maximum Gasteiger partial charge on any atom is 0.534 e. The fourth-order valence-corrected chi connectivity index (χ4v) is 3.30. The average Bonchev–Trinajstić information content (AvgIpc) is 2.69. The van der Waals surface area contributed by atoms with E-state index in [-0.39, 0.29) is 19.5 Å². The summed E-state index contributed by atoms with van der Waals surface area (Å²) in [5, 5.41) is 10.9. The number of ether oxygens (including phenoxy) is 1. The number of rotatable bonds is 8. The minimum Gasteiger partial charge on any atom is -0.444 e. The topological polar surface area (TPSA) is 106 Å². The van der Waals surface area contributed by atoms with Crippen LogP contribution in [-0.2, 0) is 21.3 Å². The molecule has 1 atom stereocenters. The second-order valence-corrected chi connectivity index (χ2v) is 10.2. The molecule has 0 aliphatic heterocycles. The van der Waals surface area contributed by atoms with E-state index in [1.165, 1.54) is 35.5 Å². The van der Waals surface area contributed by atoms with Crippen molar-refractivity contribution in [3.63, 3.8) is 0 Å². The molecule has 1 heterocycles. The van der Waals surface area contributed by atoms with E-state index in [1.807, 2.05) is 0 Å². The smallest absolute Gasteiger partial charge is 0.444 e. The van der Waals surface area contributed by atoms with Crippen molar-refractivity contribution in [1.29, 1.82) is 0 Å². The van der Waals surface area contributed by atoms with Gasteiger partial charge in [0.2, 0.25) is 0 Å². The van der Waals surface area contributed by atoms with E-state index in [9.17, 15) is 31.5 Å². The van der Waals surface area contributed by atoms with Crippen LogP contribution in [-0.4, -0.2) is 53.7 Å². The quantitative estimate of drug-likeness (QED) is 0.401. The highest BCUT2D eigenvalue weighted by atomic mass is 35.5. The van der Waals surface area contributed by atoms with Crippen molar-refractivity contribution in [2.45, 2.75) is 44.4 Å². The molecule has 1 aromatic heterocycles. The molecule has 1 amide bonds. The van der Waals surface area contributed by atoms with Gasteiger partial charge in [0.1, 0.15) is 11.4 Å². The van der Waals surface area contributed by atoms with Gasteiger partial charge in [0.25, 0.3) is 0 Å². The summed E-state index contributed by atoms with van der Waals surface area (Å²) in [4.78, 5) is 17.9. The third kappa shape index (κ3) is 8.33. The number of carbonyl (C=O) groups excluding carboxylic acids is 1. The second kappa shape index (κ2) is 10.8. The fraction of sp³-hybridized carbons (Fsp3) is 0.429. The maximum absolute atomic E-state index is 12.7. The van der Waals surface area contributed by atoms with Gasteiger partial charge in [0.15, 0.2) is 0 Å². The van der Waals surface area contributed by atoms with Crippen LogP contribution < -0.4 is 4.18 Å². The van der Waals surface area contributed by atoms with E-state index < -0.39 is 39.2 Å². The van der Waals surface area contributed by atoms with E-state index in [2.05, 4.69) is 9.17 Å². The molecular formula is C21H24ClF3N2O6S. The molecule has 0 radical (unpaired) electrons. The van der Waals surface area contributed by atoms with Crippen LogP contribution in [0.1, 0.15) is 38.0 Å². The van der Waals surface area contributed by atoms with E-state index in [0.717, 1.165) is 12.1 Å². The average molecular weight is 525 g/mol.